The van der Waals surface area contributed by atoms with Gasteiger partial charge in [-0.15, -0.1) is 0 Å². The zero-order valence-corrected chi connectivity index (χ0v) is 9.14. The van der Waals surface area contributed by atoms with Crippen LogP contribution in [-0.2, 0) is 0 Å². The lowest BCUT2D eigenvalue weighted by Crippen LogP contribution is -2.53. The van der Waals surface area contributed by atoms with Crippen LogP contribution >= 0.6 is 0 Å². The van der Waals surface area contributed by atoms with E-state index in [1.165, 1.54) is 25.8 Å². The molecule has 0 aromatic carbocycles. The van der Waals surface area contributed by atoms with E-state index in [1.54, 1.807) is 0 Å². The maximum atomic E-state index is 6.13. The van der Waals surface area contributed by atoms with Gasteiger partial charge in [-0.05, 0) is 31.6 Å². The van der Waals surface area contributed by atoms with E-state index >= 15 is 0 Å². The smallest absolute Gasteiger partial charge is 0.0267 e. The molecular formula is C11H22N2. The molecule has 13 heavy (non-hydrogen) atoms. The molecule has 2 atom stereocenters. The summed E-state index contributed by atoms with van der Waals surface area (Å²) in [7, 11) is 0. The number of rotatable bonds is 1. The molecule has 76 valence electrons. The first kappa shape index (κ1) is 9.47. The van der Waals surface area contributed by atoms with Gasteiger partial charge < -0.3 is 5.73 Å². The first-order valence-corrected chi connectivity index (χ1v) is 5.44. The highest BCUT2D eigenvalue weighted by Crippen LogP contribution is 2.45. The van der Waals surface area contributed by atoms with Gasteiger partial charge in [-0.25, -0.2) is 0 Å². The van der Waals surface area contributed by atoms with Crippen LogP contribution in [0.15, 0.2) is 0 Å². The maximum Gasteiger partial charge on any atom is 0.0267 e. The van der Waals surface area contributed by atoms with Crippen LogP contribution in [-0.4, -0.2) is 29.6 Å². The third-order valence-corrected chi connectivity index (χ3v) is 3.94. The summed E-state index contributed by atoms with van der Waals surface area (Å²) >= 11 is 0. The Bertz CT molecular complexity index is 208. The molecule has 2 nitrogen and oxygen atoms in total. The van der Waals surface area contributed by atoms with E-state index in [1.807, 2.05) is 0 Å². The number of nitrogens with zero attached hydrogens (tertiary/aromatic N) is 1. The Kier molecular flexibility index (Phi) is 1.97. The third kappa shape index (κ3) is 1.62. The van der Waals surface area contributed by atoms with Crippen molar-refractivity contribution in [1.29, 1.82) is 0 Å². The number of nitrogens with two attached hydrogens (primary N) is 1. The summed E-state index contributed by atoms with van der Waals surface area (Å²) in [4.78, 5) is 2.60. The Morgan fingerprint density at radius 2 is 1.92 bits per heavy atom. The van der Waals surface area contributed by atoms with Crippen LogP contribution in [0.1, 0.15) is 40.0 Å². The Balaban J connectivity index is 1.97. The standard InChI is InChI=1S/C11H22N2/c1-10(2)5-4-9(10)13-7-6-11(3,12)8-13/h9H,4-8,12H2,1-3H3. The molecule has 0 spiro atoms. The molecule has 2 N–H and O–H groups in total. The van der Waals surface area contributed by atoms with Crippen molar-refractivity contribution in [2.24, 2.45) is 11.1 Å². The summed E-state index contributed by atoms with van der Waals surface area (Å²) < 4.78 is 0. The monoisotopic (exact) mass is 182 g/mol. The summed E-state index contributed by atoms with van der Waals surface area (Å²) in [5, 5.41) is 0. The first-order valence-electron chi connectivity index (χ1n) is 5.44. The van der Waals surface area contributed by atoms with Crippen LogP contribution in [0.3, 0.4) is 0 Å². The molecule has 1 aliphatic carbocycles. The quantitative estimate of drug-likeness (QED) is 0.667. The molecular weight excluding hydrogens is 160 g/mol. The van der Waals surface area contributed by atoms with E-state index in [4.69, 9.17) is 5.73 Å². The predicted molar refractivity (Wildman–Crippen MR) is 55.6 cm³/mol. The van der Waals surface area contributed by atoms with Gasteiger partial charge in [-0.2, -0.15) is 0 Å². The van der Waals surface area contributed by atoms with Crippen LogP contribution in [0.25, 0.3) is 0 Å². The van der Waals surface area contributed by atoms with Crippen molar-refractivity contribution in [3.05, 3.63) is 0 Å². The lowest BCUT2D eigenvalue weighted by molar-refractivity contribution is 0.0118. The molecule has 2 heteroatoms. The first-order chi connectivity index (χ1) is 5.91. The van der Waals surface area contributed by atoms with Gasteiger partial charge in [0.2, 0.25) is 0 Å². The highest BCUT2D eigenvalue weighted by atomic mass is 15.2. The van der Waals surface area contributed by atoms with Crippen LogP contribution in [0.5, 0.6) is 0 Å². The summed E-state index contributed by atoms with van der Waals surface area (Å²) in [6, 6.07) is 0.804. The second kappa shape index (κ2) is 2.71. The van der Waals surface area contributed by atoms with Gasteiger partial charge in [-0.3, -0.25) is 4.90 Å². The highest BCUT2D eigenvalue weighted by molar-refractivity contribution is 5.01. The summed E-state index contributed by atoms with van der Waals surface area (Å²) in [6.07, 6.45) is 3.93. The number of hydrogen-bond donors (Lipinski definition) is 1. The summed E-state index contributed by atoms with van der Waals surface area (Å²) in [6.45, 7) is 9.25. The fourth-order valence-electron chi connectivity index (χ4n) is 2.81. The molecule has 2 aliphatic rings. The van der Waals surface area contributed by atoms with Crippen molar-refractivity contribution in [3.8, 4) is 0 Å². The lowest BCUT2D eigenvalue weighted by Gasteiger charge is -2.49. The van der Waals surface area contributed by atoms with Gasteiger partial charge >= 0.3 is 0 Å². The summed E-state index contributed by atoms with van der Waals surface area (Å²) in [5.74, 6) is 0. The average molecular weight is 182 g/mol. The number of likely N-dealkylation sites (tertiary alicyclic amines) is 1. The van der Waals surface area contributed by atoms with E-state index in [2.05, 4.69) is 25.7 Å². The number of hydrogen-bond acceptors (Lipinski definition) is 2. The van der Waals surface area contributed by atoms with E-state index in [0.29, 0.717) is 5.41 Å². The molecule has 0 bridgehead atoms. The molecule has 0 aromatic rings. The zero-order valence-electron chi connectivity index (χ0n) is 9.14. The molecule has 0 amide bonds. The molecule has 1 heterocycles. The van der Waals surface area contributed by atoms with Crippen molar-refractivity contribution in [2.45, 2.75) is 51.6 Å². The highest BCUT2D eigenvalue weighted by Gasteiger charge is 2.45. The fourth-order valence-corrected chi connectivity index (χ4v) is 2.81. The molecule has 2 rings (SSSR count). The van der Waals surface area contributed by atoms with E-state index in [9.17, 15) is 0 Å². The third-order valence-electron chi connectivity index (χ3n) is 3.94. The van der Waals surface area contributed by atoms with Crippen molar-refractivity contribution < 1.29 is 0 Å². The van der Waals surface area contributed by atoms with Crippen molar-refractivity contribution >= 4 is 0 Å². The second-order valence-electron chi connectivity index (χ2n) is 5.92. The molecule has 2 unspecified atom stereocenters. The molecule has 2 fully saturated rings. The Morgan fingerprint density at radius 3 is 2.23 bits per heavy atom. The second-order valence-corrected chi connectivity index (χ2v) is 5.92. The van der Waals surface area contributed by atoms with Gasteiger partial charge in [0.25, 0.3) is 0 Å². The van der Waals surface area contributed by atoms with Gasteiger partial charge in [0.1, 0.15) is 0 Å². The average Bonchev–Trinajstić information content (AvgIpc) is 2.28. The Labute approximate surface area is 81.5 Å². The minimum Gasteiger partial charge on any atom is -0.324 e. The molecule has 1 saturated carbocycles. The van der Waals surface area contributed by atoms with Crippen molar-refractivity contribution in [3.63, 3.8) is 0 Å². The predicted octanol–water partition coefficient (Wildman–Crippen LogP) is 1.60. The van der Waals surface area contributed by atoms with E-state index in [-0.39, 0.29) is 5.54 Å². The maximum absolute atomic E-state index is 6.13. The minimum atomic E-state index is 0.0751. The lowest BCUT2D eigenvalue weighted by atomic mass is 9.66. The van der Waals surface area contributed by atoms with Crippen LogP contribution in [0, 0.1) is 5.41 Å². The Morgan fingerprint density at radius 1 is 1.23 bits per heavy atom. The van der Waals surface area contributed by atoms with Gasteiger partial charge in [0.15, 0.2) is 0 Å². The normalized spacial score (nSPS) is 44.8. The molecule has 1 aliphatic heterocycles. The minimum absolute atomic E-state index is 0.0751. The molecule has 0 aromatic heterocycles. The zero-order chi connectivity index (χ0) is 9.69. The molecule has 1 saturated heterocycles. The fraction of sp³-hybridized carbons (Fsp3) is 1.00. The Hall–Kier alpha value is -0.0800. The van der Waals surface area contributed by atoms with E-state index < -0.39 is 0 Å². The summed E-state index contributed by atoms with van der Waals surface area (Å²) in [5.41, 5.74) is 6.75. The largest absolute Gasteiger partial charge is 0.324 e. The van der Waals surface area contributed by atoms with Crippen LogP contribution in [0.2, 0.25) is 0 Å². The topological polar surface area (TPSA) is 29.3 Å². The molecule has 0 radical (unpaired) electrons. The van der Waals surface area contributed by atoms with Crippen molar-refractivity contribution in [2.75, 3.05) is 13.1 Å². The SMILES string of the molecule is CC1(N)CCN(C2CCC2(C)C)C1. The van der Waals surface area contributed by atoms with E-state index in [0.717, 1.165) is 12.6 Å². The van der Waals surface area contributed by atoms with Gasteiger partial charge in [0.05, 0.1) is 0 Å². The van der Waals surface area contributed by atoms with Crippen LogP contribution < -0.4 is 5.73 Å². The van der Waals surface area contributed by atoms with Crippen molar-refractivity contribution in [1.82, 2.24) is 4.90 Å². The van der Waals surface area contributed by atoms with Gasteiger partial charge in [-0.1, -0.05) is 13.8 Å². The van der Waals surface area contributed by atoms with Crippen LogP contribution in [0.4, 0.5) is 0 Å². The van der Waals surface area contributed by atoms with Gasteiger partial charge in [0, 0.05) is 24.7 Å².